The summed E-state index contributed by atoms with van der Waals surface area (Å²) in [6.45, 7) is 1.90. The van der Waals surface area contributed by atoms with Crippen LogP contribution in [-0.4, -0.2) is 24.3 Å². The van der Waals surface area contributed by atoms with Crippen LogP contribution in [0, 0.1) is 11.7 Å². The molecule has 6 nitrogen and oxygen atoms in total. The first-order valence-electron chi connectivity index (χ1n) is 8.73. The van der Waals surface area contributed by atoms with Crippen molar-refractivity contribution in [1.82, 2.24) is 0 Å². The minimum Gasteiger partial charge on any atom is -0.326 e. The maximum absolute atomic E-state index is 13.9. The fourth-order valence-corrected chi connectivity index (χ4v) is 2.92. The van der Waals surface area contributed by atoms with Gasteiger partial charge < -0.3 is 15.5 Å². The number of benzene rings is 2. The van der Waals surface area contributed by atoms with Crippen LogP contribution in [0.3, 0.4) is 0 Å². The number of carbonyl (C=O) groups excluding carboxylic acids is 3. The standard InChI is InChI=1S/C20H20FN3O3/c1-2-18(25)22-14-7-9-15(10-8-14)23-20(27)13-11-19(26)24(12-13)17-6-4-3-5-16(17)21/h3-10,13H,2,11-12H2,1H3,(H,22,25)(H,23,27). The van der Waals surface area contributed by atoms with Crippen LogP contribution in [0.5, 0.6) is 0 Å². The lowest BCUT2D eigenvalue weighted by molar-refractivity contribution is -0.122. The molecule has 1 atom stereocenters. The van der Waals surface area contributed by atoms with Gasteiger partial charge in [0.15, 0.2) is 0 Å². The van der Waals surface area contributed by atoms with E-state index >= 15 is 0 Å². The zero-order chi connectivity index (χ0) is 19.4. The summed E-state index contributed by atoms with van der Waals surface area (Å²) >= 11 is 0. The first-order valence-corrected chi connectivity index (χ1v) is 8.73. The molecule has 1 aliphatic rings. The molecule has 1 heterocycles. The van der Waals surface area contributed by atoms with Crippen molar-refractivity contribution in [2.75, 3.05) is 22.1 Å². The van der Waals surface area contributed by atoms with Crippen molar-refractivity contribution >= 4 is 34.8 Å². The maximum Gasteiger partial charge on any atom is 0.229 e. The second-order valence-electron chi connectivity index (χ2n) is 6.33. The fourth-order valence-electron chi connectivity index (χ4n) is 2.92. The molecule has 27 heavy (non-hydrogen) atoms. The number of halogens is 1. The van der Waals surface area contributed by atoms with Crippen LogP contribution in [0.2, 0.25) is 0 Å². The van der Waals surface area contributed by atoms with Crippen LogP contribution in [0.1, 0.15) is 19.8 Å². The smallest absolute Gasteiger partial charge is 0.229 e. The molecule has 140 valence electrons. The molecule has 1 saturated heterocycles. The molecule has 0 aliphatic carbocycles. The molecule has 2 N–H and O–H groups in total. The lowest BCUT2D eigenvalue weighted by Gasteiger charge is -2.17. The Morgan fingerprint density at radius 2 is 1.70 bits per heavy atom. The minimum atomic E-state index is -0.559. The van der Waals surface area contributed by atoms with Gasteiger partial charge in [0.1, 0.15) is 5.82 Å². The Bertz CT molecular complexity index is 867. The number of amides is 3. The molecule has 0 bridgehead atoms. The van der Waals surface area contributed by atoms with E-state index in [4.69, 9.17) is 0 Å². The molecule has 0 radical (unpaired) electrons. The summed E-state index contributed by atoms with van der Waals surface area (Å²) in [5.41, 5.74) is 1.39. The number of rotatable bonds is 5. The number of nitrogens with one attached hydrogen (secondary N) is 2. The van der Waals surface area contributed by atoms with E-state index in [9.17, 15) is 18.8 Å². The molecule has 7 heteroatoms. The molecule has 2 aromatic rings. The van der Waals surface area contributed by atoms with Gasteiger partial charge in [-0.25, -0.2) is 4.39 Å². The van der Waals surface area contributed by atoms with Crippen LogP contribution < -0.4 is 15.5 Å². The van der Waals surface area contributed by atoms with Crippen molar-refractivity contribution in [2.45, 2.75) is 19.8 Å². The van der Waals surface area contributed by atoms with Crippen LogP contribution in [0.15, 0.2) is 48.5 Å². The molecule has 0 aromatic heterocycles. The van der Waals surface area contributed by atoms with Gasteiger partial charge in [-0.1, -0.05) is 19.1 Å². The van der Waals surface area contributed by atoms with E-state index in [0.717, 1.165) is 0 Å². The highest BCUT2D eigenvalue weighted by Gasteiger charge is 2.36. The fraction of sp³-hybridized carbons (Fsp3) is 0.250. The summed E-state index contributed by atoms with van der Waals surface area (Å²) < 4.78 is 13.9. The van der Waals surface area contributed by atoms with Gasteiger partial charge >= 0.3 is 0 Å². The van der Waals surface area contributed by atoms with E-state index in [1.54, 1.807) is 43.3 Å². The van der Waals surface area contributed by atoms with Gasteiger partial charge in [0.05, 0.1) is 11.6 Å². The third-order valence-corrected chi connectivity index (χ3v) is 4.40. The molecule has 0 spiro atoms. The van der Waals surface area contributed by atoms with Gasteiger partial charge in [0.2, 0.25) is 17.7 Å². The number of nitrogens with zero attached hydrogens (tertiary/aromatic N) is 1. The molecule has 0 saturated carbocycles. The second-order valence-corrected chi connectivity index (χ2v) is 6.33. The van der Waals surface area contributed by atoms with E-state index < -0.39 is 11.7 Å². The van der Waals surface area contributed by atoms with Crippen LogP contribution in [0.25, 0.3) is 0 Å². The topological polar surface area (TPSA) is 78.5 Å². The Morgan fingerprint density at radius 1 is 1.07 bits per heavy atom. The molecule has 1 fully saturated rings. The molecule has 1 aliphatic heterocycles. The first kappa shape index (κ1) is 18.6. The van der Waals surface area contributed by atoms with Gasteiger partial charge in [-0.15, -0.1) is 0 Å². The van der Waals surface area contributed by atoms with E-state index in [0.29, 0.717) is 17.8 Å². The lowest BCUT2D eigenvalue weighted by Crippen LogP contribution is -2.28. The monoisotopic (exact) mass is 369 g/mol. The second kappa shape index (κ2) is 7.99. The number of carbonyl (C=O) groups is 3. The van der Waals surface area contributed by atoms with Gasteiger partial charge in [-0.2, -0.15) is 0 Å². The summed E-state index contributed by atoms with van der Waals surface area (Å²) in [6, 6.07) is 12.7. The Labute approximate surface area is 156 Å². The quantitative estimate of drug-likeness (QED) is 0.850. The van der Waals surface area contributed by atoms with E-state index in [1.165, 1.54) is 17.0 Å². The molecule has 3 rings (SSSR count). The predicted octanol–water partition coefficient (Wildman–Crippen LogP) is 3.17. The Hall–Kier alpha value is -3.22. The van der Waals surface area contributed by atoms with Crippen molar-refractivity contribution in [1.29, 1.82) is 0 Å². The van der Waals surface area contributed by atoms with Crippen LogP contribution in [0.4, 0.5) is 21.5 Å². The highest BCUT2D eigenvalue weighted by Crippen LogP contribution is 2.28. The normalized spacial score (nSPS) is 16.3. The highest BCUT2D eigenvalue weighted by atomic mass is 19.1. The Balaban J connectivity index is 1.63. The summed E-state index contributed by atoms with van der Waals surface area (Å²) in [4.78, 5) is 37.4. The number of para-hydroxylation sites is 1. The third-order valence-electron chi connectivity index (χ3n) is 4.40. The van der Waals surface area contributed by atoms with Crippen molar-refractivity contribution in [3.8, 4) is 0 Å². The molecule has 3 amide bonds. The zero-order valence-electron chi connectivity index (χ0n) is 14.9. The number of hydrogen-bond donors (Lipinski definition) is 2. The third kappa shape index (κ3) is 4.31. The molecular weight excluding hydrogens is 349 g/mol. The van der Waals surface area contributed by atoms with E-state index in [2.05, 4.69) is 10.6 Å². The predicted molar refractivity (Wildman–Crippen MR) is 101 cm³/mol. The SMILES string of the molecule is CCC(=O)Nc1ccc(NC(=O)C2CC(=O)N(c3ccccc3F)C2)cc1. The Kier molecular flexibility index (Phi) is 5.49. The summed E-state index contributed by atoms with van der Waals surface area (Å²) in [5.74, 6) is -1.72. The largest absolute Gasteiger partial charge is 0.326 e. The van der Waals surface area contributed by atoms with Crippen LogP contribution >= 0.6 is 0 Å². The van der Waals surface area contributed by atoms with Gasteiger partial charge in [-0.05, 0) is 36.4 Å². The van der Waals surface area contributed by atoms with Crippen molar-refractivity contribution in [2.24, 2.45) is 5.92 Å². The number of anilines is 3. The Morgan fingerprint density at radius 3 is 2.33 bits per heavy atom. The average molecular weight is 369 g/mol. The van der Waals surface area contributed by atoms with Crippen LogP contribution in [-0.2, 0) is 14.4 Å². The van der Waals surface area contributed by atoms with Gasteiger partial charge in [0, 0.05) is 30.8 Å². The summed E-state index contributed by atoms with van der Waals surface area (Å²) in [6.07, 6.45) is 0.414. The molecular formula is C20H20FN3O3. The number of hydrogen-bond acceptors (Lipinski definition) is 3. The molecule has 2 aromatic carbocycles. The summed E-state index contributed by atoms with van der Waals surface area (Å²) in [7, 11) is 0. The van der Waals surface area contributed by atoms with E-state index in [-0.39, 0.29) is 36.4 Å². The highest BCUT2D eigenvalue weighted by molar-refractivity contribution is 6.03. The zero-order valence-corrected chi connectivity index (χ0v) is 14.9. The minimum absolute atomic E-state index is 0.0325. The van der Waals surface area contributed by atoms with E-state index in [1.807, 2.05) is 0 Å². The molecule has 1 unspecified atom stereocenters. The lowest BCUT2D eigenvalue weighted by atomic mass is 10.1. The van der Waals surface area contributed by atoms with Crippen molar-refractivity contribution in [3.63, 3.8) is 0 Å². The first-order chi connectivity index (χ1) is 13.0. The average Bonchev–Trinajstić information content (AvgIpc) is 3.05. The van der Waals surface area contributed by atoms with Crippen molar-refractivity contribution < 1.29 is 18.8 Å². The van der Waals surface area contributed by atoms with Gasteiger partial charge in [0.25, 0.3) is 0 Å². The summed E-state index contributed by atoms with van der Waals surface area (Å²) in [5, 5.41) is 5.49. The van der Waals surface area contributed by atoms with Crippen molar-refractivity contribution in [3.05, 3.63) is 54.3 Å². The van der Waals surface area contributed by atoms with Gasteiger partial charge in [-0.3, -0.25) is 14.4 Å². The maximum atomic E-state index is 13.9.